The van der Waals surface area contributed by atoms with Crippen LogP contribution < -0.4 is 11.5 Å². The highest BCUT2D eigenvalue weighted by Crippen LogP contribution is 2.35. The Hall–Kier alpha value is -2.67. The lowest BCUT2D eigenvalue weighted by Crippen LogP contribution is -2.11. The number of nitrogens with one attached hydrogen (secondary N) is 1. The Morgan fingerprint density at radius 3 is 2.82 bits per heavy atom. The molecule has 0 fully saturated rings. The van der Waals surface area contributed by atoms with E-state index in [1.807, 2.05) is 25.1 Å². The van der Waals surface area contributed by atoms with Crippen LogP contribution in [-0.4, -0.2) is 27.3 Å². The molecule has 22 heavy (non-hydrogen) atoms. The van der Waals surface area contributed by atoms with Crippen LogP contribution in [0.3, 0.4) is 0 Å². The molecule has 1 aromatic carbocycles. The molecule has 3 rings (SSSR count). The number of fused-ring (bicyclic) bond motifs is 1. The minimum Gasteiger partial charge on any atom is -0.383 e. The molecule has 0 saturated heterocycles. The maximum absolute atomic E-state index is 6.07. The van der Waals surface area contributed by atoms with Crippen molar-refractivity contribution in [3.63, 3.8) is 0 Å². The van der Waals surface area contributed by atoms with E-state index < -0.39 is 0 Å². The van der Waals surface area contributed by atoms with E-state index in [9.17, 15) is 0 Å². The van der Waals surface area contributed by atoms with Crippen LogP contribution in [0.1, 0.15) is 25.0 Å². The summed E-state index contributed by atoms with van der Waals surface area (Å²) in [6.45, 7) is 2.02. The number of nitrogen functional groups attached to an aromatic ring is 2. The predicted molar refractivity (Wildman–Crippen MR) is 86.0 cm³/mol. The van der Waals surface area contributed by atoms with Crippen molar-refractivity contribution >= 4 is 22.7 Å². The summed E-state index contributed by atoms with van der Waals surface area (Å²) in [5.74, 6) is 0.498. The molecule has 114 valence electrons. The molecule has 1 atom stereocenters. The molecule has 7 nitrogen and oxygen atoms in total. The highest BCUT2D eigenvalue weighted by atomic mass is 16.5. The van der Waals surface area contributed by atoms with Crippen molar-refractivity contribution in [2.24, 2.45) is 0 Å². The topological polar surface area (TPSA) is 116 Å². The molecule has 5 N–H and O–H groups in total. The monoisotopic (exact) mass is 298 g/mol. The van der Waals surface area contributed by atoms with E-state index in [2.05, 4.69) is 20.2 Å². The van der Waals surface area contributed by atoms with Crippen molar-refractivity contribution < 1.29 is 4.74 Å². The maximum atomic E-state index is 6.07. The van der Waals surface area contributed by atoms with E-state index in [0.29, 0.717) is 11.5 Å². The first kappa shape index (κ1) is 14.3. The van der Waals surface area contributed by atoms with Crippen LogP contribution in [0.2, 0.25) is 0 Å². The Kier molecular flexibility index (Phi) is 3.64. The van der Waals surface area contributed by atoms with Gasteiger partial charge in [-0.1, -0.05) is 13.0 Å². The van der Waals surface area contributed by atoms with E-state index in [1.54, 1.807) is 13.3 Å². The van der Waals surface area contributed by atoms with Crippen LogP contribution in [-0.2, 0) is 4.74 Å². The summed E-state index contributed by atoms with van der Waals surface area (Å²) in [4.78, 5) is 8.46. The SMILES string of the molecule is CCC(OC)c1c(N)nc(N)nc1-c1ccc2[nH]ncc2c1. The number of nitrogens with two attached hydrogens (primary N) is 2. The number of nitrogens with zero attached hydrogens (tertiary/aromatic N) is 3. The van der Waals surface area contributed by atoms with Crippen molar-refractivity contribution in [3.05, 3.63) is 30.0 Å². The first-order valence-corrected chi connectivity index (χ1v) is 7.03. The van der Waals surface area contributed by atoms with Crippen LogP contribution in [0.25, 0.3) is 22.2 Å². The van der Waals surface area contributed by atoms with Gasteiger partial charge in [0.15, 0.2) is 0 Å². The van der Waals surface area contributed by atoms with Crippen LogP contribution in [0.4, 0.5) is 11.8 Å². The number of rotatable bonds is 4. The highest BCUT2D eigenvalue weighted by Gasteiger charge is 2.21. The number of anilines is 2. The van der Waals surface area contributed by atoms with Crippen molar-refractivity contribution in [2.45, 2.75) is 19.4 Å². The molecular formula is C15H18N6O. The molecule has 2 aromatic heterocycles. The van der Waals surface area contributed by atoms with Crippen molar-refractivity contribution in [3.8, 4) is 11.3 Å². The molecule has 0 saturated carbocycles. The molecule has 0 radical (unpaired) electrons. The fourth-order valence-electron chi connectivity index (χ4n) is 2.62. The summed E-state index contributed by atoms with van der Waals surface area (Å²) in [6, 6.07) is 5.89. The second kappa shape index (κ2) is 5.61. The van der Waals surface area contributed by atoms with E-state index in [-0.39, 0.29) is 12.1 Å². The number of hydrogen-bond donors (Lipinski definition) is 3. The third-order valence-corrected chi connectivity index (χ3v) is 3.68. The van der Waals surface area contributed by atoms with Gasteiger partial charge in [-0.05, 0) is 18.6 Å². The van der Waals surface area contributed by atoms with Gasteiger partial charge in [0.25, 0.3) is 0 Å². The molecule has 0 bridgehead atoms. The lowest BCUT2D eigenvalue weighted by atomic mass is 9.99. The van der Waals surface area contributed by atoms with Gasteiger partial charge < -0.3 is 16.2 Å². The molecule has 7 heteroatoms. The summed E-state index contributed by atoms with van der Waals surface area (Å²) >= 11 is 0. The molecule has 0 amide bonds. The molecule has 3 aromatic rings. The van der Waals surface area contributed by atoms with Gasteiger partial charge in [-0.25, -0.2) is 4.98 Å². The Labute approximate surface area is 127 Å². The lowest BCUT2D eigenvalue weighted by Gasteiger charge is -2.19. The van der Waals surface area contributed by atoms with Crippen LogP contribution >= 0.6 is 0 Å². The fourth-order valence-corrected chi connectivity index (χ4v) is 2.62. The van der Waals surface area contributed by atoms with Gasteiger partial charge in [-0.2, -0.15) is 10.1 Å². The zero-order valence-electron chi connectivity index (χ0n) is 12.5. The minimum absolute atomic E-state index is 0.148. The summed E-state index contributed by atoms with van der Waals surface area (Å²) in [7, 11) is 1.65. The summed E-state index contributed by atoms with van der Waals surface area (Å²) in [6.07, 6.45) is 2.34. The Morgan fingerprint density at radius 1 is 1.27 bits per heavy atom. The van der Waals surface area contributed by atoms with Crippen LogP contribution in [0.15, 0.2) is 24.4 Å². The average Bonchev–Trinajstić information content (AvgIpc) is 2.97. The molecule has 2 heterocycles. The third-order valence-electron chi connectivity index (χ3n) is 3.68. The van der Waals surface area contributed by atoms with Crippen molar-refractivity contribution in [1.82, 2.24) is 20.2 Å². The molecule has 0 spiro atoms. The minimum atomic E-state index is -0.185. The fraction of sp³-hybridized carbons (Fsp3) is 0.267. The van der Waals surface area contributed by atoms with Crippen molar-refractivity contribution in [2.75, 3.05) is 18.6 Å². The second-order valence-corrected chi connectivity index (χ2v) is 5.03. The number of methoxy groups -OCH3 is 1. The smallest absolute Gasteiger partial charge is 0.222 e. The first-order chi connectivity index (χ1) is 10.6. The van der Waals surface area contributed by atoms with Crippen molar-refractivity contribution in [1.29, 1.82) is 0 Å². The number of aromatic nitrogens is 4. The van der Waals surface area contributed by atoms with E-state index >= 15 is 0 Å². The quantitative estimate of drug-likeness (QED) is 0.680. The summed E-state index contributed by atoms with van der Waals surface area (Å²) in [5.41, 5.74) is 15.2. The molecule has 0 aliphatic carbocycles. The normalized spacial score (nSPS) is 12.6. The zero-order valence-corrected chi connectivity index (χ0v) is 12.5. The maximum Gasteiger partial charge on any atom is 0.222 e. The van der Waals surface area contributed by atoms with Crippen LogP contribution in [0.5, 0.6) is 0 Å². The molecule has 0 aliphatic rings. The summed E-state index contributed by atoms with van der Waals surface area (Å²) in [5, 5.41) is 7.94. The number of H-pyrrole nitrogens is 1. The second-order valence-electron chi connectivity index (χ2n) is 5.03. The van der Waals surface area contributed by atoms with Gasteiger partial charge in [0.1, 0.15) is 5.82 Å². The third kappa shape index (κ3) is 2.35. The Morgan fingerprint density at radius 2 is 2.09 bits per heavy atom. The number of aromatic amines is 1. The van der Waals surface area contributed by atoms with E-state index in [4.69, 9.17) is 16.2 Å². The standard InChI is InChI=1S/C15H18N6O/c1-3-11(22-2)12-13(19-15(17)20-14(12)16)8-4-5-10-9(6-8)7-18-21-10/h4-7,11H,3H2,1-2H3,(H,18,21)(H4,16,17,19,20). The van der Waals surface area contributed by atoms with Gasteiger partial charge in [-0.3, -0.25) is 5.10 Å². The summed E-state index contributed by atoms with van der Waals surface area (Å²) < 4.78 is 5.52. The van der Waals surface area contributed by atoms with Gasteiger partial charge in [0.2, 0.25) is 5.95 Å². The van der Waals surface area contributed by atoms with Gasteiger partial charge in [0.05, 0.1) is 23.5 Å². The van der Waals surface area contributed by atoms with Crippen LogP contribution in [0, 0.1) is 0 Å². The van der Waals surface area contributed by atoms with Gasteiger partial charge in [0, 0.05) is 23.6 Å². The molecule has 1 unspecified atom stereocenters. The predicted octanol–water partition coefficient (Wildman–Crippen LogP) is 2.28. The zero-order chi connectivity index (χ0) is 15.7. The number of benzene rings is 1. The first-order valence-electron chi connectivity index (χ1n) is 7.03. The van der Waals surface area contributed by atoms with Gasteiger partial charge >= 0.3 is 0 Å². The number of hydrogen-bond acceptors (Lipinski definition) is 6. The number of ether oxygens (including phenoxy) is 1. The van der Waals surface area contributed by atoms with E-state index in [0.717, 1.165) is 28.5 Å². The largest absolute Gasteiger partial charge is 0.383 e. The van der Waals surface area contributed by atoms with Gasteiger partial charge in [-0.15, -0.1) is 0 Å². The average molecular weight is 298 g/mol. The lowest BCUT2D eigenvalue weighted by molar-refractivity contribution is 0.101. The van der Waals surface area contributed by atoms with E-state index in [1.165, 1.54) is 0 Å². The molecular weight excluding hydrogens is 280 g/mol. The highest BCUT2D eigenvalue weighted by molar-refractivity contribution is 5.84. The Bertz CT molecular complexity index is 809. The Balaban J connectivity index is 2.23. The molecule has 0 aliphatic heterocycles.